The van der Waals surface area contributed by atoms with Gasteiger partial charge >= 0.3 is 0 Å². The third kappa shape index (κ3) is 5.68. The monoisotopic (exact) mass is 649 g/mol. The summed E-state index contributed by atoms with van der Waals surface area (Å²) >= 11 is 9.44. The maximum atomic E-state index is 13.2. The molecular formula is C27H21ClINO6S. The summed E-state index contributed by atoms with van der Waals surface area (Å²) in [5, 5.41) is 0.0295. The van der Waals surface area contributed by atoms with Crippen LogP contribution in [0.4, 0.5) is 4.79 Å². The fourth-order valence-corrected chi connectivity index (χ4v) is 5.68. The fraction of sp³-hybridized carbons (Fsp3) is 0.185. The van der Waals surface area contributed by atoms with E-state index in [-0.39, 0.29) is 24.5 Å². The first-order chi connectivity index (χ1) is 17.9. The van der Waals surface area contributed by atoms with Crippen molar-refractivity contribution in [3.8, 4) is 23.0 Å². The summed E-state index contributed by atoms with van der Waals surface area (Å²) in [7, 11) is 0. The van der Waals surface area contributed by atoms with Gasteiger partial charge in [0, 0.05) is 11.1 Å². The van der Waals surface area contributed by atoms with Crippen LogP contribution >= 0.6 is 46.0 Å². The molecule has 1 saturated heterocycles. The highest BCUT2D eigenvalue weighted by Gasteiger charge is 2.36. The van der Waals surface area contributed by atoms with Crippen LogP contribution in [-0.4, -0.2) is 29.4 Å². The van der Waals surface area contributed by atoms with Crippen molar-refractivity contribution in [2.24, 2.45) is 0 Å². The van der Waals surface area contributed by atoms with Gasteiger partial charge in [-0.2, -0.15) is 0 Å². The molecule has 0 aromatic heterocycles. The number of hydrogen-bond acceptors (Lipinski definition) is 7. The Morgan fingerprint density at radius 2 is 1.84 bits per heavy atom. The third-order valence-electron chi connectivity index (χ3n) is 5.60. The Morgan fingerprint density at radius 1 is 1.08 bits per heavy atom. The van der Waals surface area contributed by atoms with Crippen molar-refractivity contribution in [1.29, 1.82) is 0 Å². The molecule has 0 unspecified atom stereocenters. The Hall–Kier alpha value is -2.89. The molecule has 2 heterocycles. The molecule has 7 nitrogen and oxygen atoms in total. The van der Waals surface area contributed by atoms with E-state index in [1.165, 1.54) is 4.90 Å². The van der Waals surface area contributed by atoms with Crippen LogP contribution in [-0.2, 0) is 17.9 Å². The molecule has 0 spiro atoms. The summed E-state index contributed by atoms with van der Waals surface area (Å²) in [6.45, 7) is 2.89. The molecule has 3 aromatic rings. The lowest BCUT2D eigenvalue weighted by atomic mass is 10.1. The topological polar surface area (TPSA) is 74.3 Å². The van der Waals surface area contributed by atoms with Gasteiger partial charge in [-0.1, -0.05) is 41.9 Å². The molecule has 0 bridgehead atoms. The summed E-state index contributed by atoms with van der Waals surface area (Å²) < 4.78 is 23.5. The molecule has 37 heavy (non-hydrogen) atoms. The third-order valence-corrected chi connectivity index (χ3v) is 7.66. The minimum absolute atomic E-state index is 0.0332. The van der Waals surface area contributed by atoms with Gasteiger partial charge in [0.15, 0.2) is 23.0 Å². The number of halogens is 2. The van der Waals surface area contributed by atoms with E-state index in [0.717, 1.165) is 26.5 Å². The van der Waals surface area contributed by atoms with Gasteiger partial charge in [-0.25, -0.2) is 0 Å². The van der Waals surface area contributed by atoms with Gasteiger partial charge < -0.3 is 18.9 Å². The van der Waals surface area contributed by atoms with Crippen molar-refractivity contribution in [3.63, 3.8) is 0 Å². The minimum Gasteiger partial charge on any atom is -0.490 e. The number of amides is 2. The number of benzene rings is 3. The summed E-state index contributed by atoms with van der Waals surface area (Å²) in [6, 6.07) is 16.9. The van der Waals surface area contributed by atoms with Crippen LogP contribution in [0.2, 0.25) is 5.02 Å². The van der Waals surface area contributed by atoms with Gasteiger partial charge in [-0.3, -0.25) is 14.5 Å². The molecule has 5 rings (SSSR count). The summed E-state index contributed by atoms with van der Waals surface area (Å²) in [5.41, 5.74) is 2.37. The predicted octanol–water partition coefficient (Wildman–Crippen LogP) is 6.89. The Bertz CT molecular complexity index is 1400. The molecule has 10 heteroatoms. The molecule has 2 amide bonds. The highest BCUT2D eigenvalue weighted by atomic mass is 127. The zero-order valence-electron chi connectivity index (χ0n) is 19.7. The lowest BCUT2D eigenvalue weighted by Crippen LogP contribution is -2.27. The first kappa shape index (κ1) is 25.7. The van der Waals surface area contributed by atoms with Crippen molar-refractivity contribution in [1.82, 2.24) is 4.90 Å². The largest absolute Gasteiger partial charge is 0.490 e. The number of hydrogen-bond donors (Lipinski definition) is 0. The van der Waals surface area contributed by atoms with Crippen molar-refractivity contribution in [3.05, 3.63) is 84.8 Å². The van der Waals surface area contributed by atoms with Gasteiger partial charge in [0.05, 0.1) is 21.6 Å². The SMILES string of the molecule is CCOc1cc(/C=C2\SC(=O)N(Cc3cc4c(cc3Cl)OCO4)C2=O)cc(I)c1OCc1ccccc1. The fourth-order valence-electron chi connectivity index (χ4n) is 3.84. The van der Waals surface area contributed by atoms with E-state index in [4.69, 9.17) is 30.5 Å². The van der Waals surface area contributed by atoms with Crippen LogP contribution in [0.25, 0.3) is 6.08 Å². The number of rotatable bonds is 8. The first-order valence-electron chi connectivity index (χ1n) is 11.4. The molecule has 190 valence electrons. The Kier molecular flexibility index (Phi) is 7.82. The average molecular weight is 650 g/mol. The molecule has 0 radical (unpaired) electrons. The second kappa shape index (κ2) is 11.2. The van der Waals surface area contributed by atoms with E-state index < -0.39 is 0 Å². The molecule has 2 aliphatic rings. The van der Waals surface area contributed by atoms with Crippen LogP contribution in [0.15, 0.2) is 59.5 Å². The van der Waals surface area contributed by atoms with Gasteiger partial charge in [-0.15, -0.1) is 0 Å². The van der Waals surface area contributed by atoms with Gasteiger partial charge in [0.1, 0.15) is 6.61 Å². The number of carbonyl (C=O) groups excluding carboxylic acids is 2. The zero-order valence-corrected chi connectivity index (χ0v) is 23.4. The Morgan fingerprint density at radius 3 is 2.59 bits per heavy atom. The highest BCUT2D eigenvalue weighted by molar-refractivity contribution is 14.1. The molecule has 3 aromatic carbocycles. The number of nitrogens with zero attached hydrogens (tertiary/aromatic N) is 1. The van der Waals surface area contributed by atoms with E-state index in [1.807, 2.05) is 49.4 Å². The van der Waals surface area contributed by atoms with E-state index >= 15 is 0 Å². The number of thioether (sulfide) groups is 1. The standard InChI is InChI=1S/C27H21ClINO6S/c1-2-33-23-9-17(8-20(29)25(23)34-14-16-6-4-3-5-7-16)10-24-26(31)30(27(32)37-24)13-18-11-21-22(12-19(18)28)36-15-35-21/h3-12H,2,13-15H2,1H3/b24-10-. The van der Waals surface area contributed by atoms with Crippen LogP contribution in [0.5, 0.6) is 23.0 Å². The molecule has 2 aliphatic heterocycles. The predicted molar refractivity (Wildman–Crippen MR) is 150 cm³/mol. The Balaban J connectivity index is 1.36. The van der Waals surface area contributed by atoms with E-state index in [9.17, 15) is 9.59 Å². The van der Waals surface area contributed by atoms with Gasteiger partial charge in [0.2, 0.25) is 6.79 Å². The number of fused-ring (bicyclic) bond motifs is 1. The molecule has 0 saturated carbocycles. The molecule has 0 atom stereocenters. The summed E-state index contributed by atoms with van der Waals surface area (Å²) in [6.07, 6.45) is 1.69. The molecule has 0 N–H and O–H groups in total. The quantitative estimate of drug-likeness (QED) is 0.194. The molecular weight excluding hydrogens is 629 g/mol. The first-order valence-corrected chi connectivity index (χ1v) is 13.7. The maximum Gasteiger partial charge on any atom is 0.293 e. The van der Waals surface area contributed by atoms with E-state index in [0.29, 0.717) is 51.7 Å². The maximum absolute atomic E-state index is 13.2. The lowest BCUT2D eigenvalue weighted by molar-refractivity contribution is -0.123. The van der Waals surface area contributed by atoms with Crippen molar-refractivity contribution in [2.45, 2.75) is 20.1 Å². The van der Waals surface area contributed by atoms with Crippen LogP contribution in [0, 0.1) is 3.57 Å². The zero-order chi connectivity index (χ0) is 25.9. The Labute approximate surface area is 236 Å². The number of carbonyl (C=O) groups is 2. The van der Waals surface area contributed by atoms with Crippen molar-refractivity contribution < 1.29 is 28.5 Å². The molecule has 1 fully saturated rings. The van der Waals surface area contributed by atoms with Crippen molar-refractivity contribution in [2.75, 3.05) is 13.4 Å². The van der Waals surface area contributed by atoms with E-state index in [1.54, 1.807) is 18.2 Å². The number of imide groups is 1. The molecule has 0 aliphatic carbocycles. The normalized spacial score (nSPS) is 15.5. The highest BCUT2D eigenvalue weighted by Crippen LogP contribution is 2.40. The smallest absolute Gasteiger partial charge is 0.293 e. The lowest BCUT2D eigenvalue weighted by Gasteiger charge is -2.15. The average Bonchev–Trinajstić information content (AvgIpc) is 3.43. The van der Waals surface area contributed by atoms with Gasteiger partial charge in [-0.05, 0) is 82.2 Å². The van der Waals surface area contributed by atoms with Crippen molar-refractivity contribution >= 4 is 63.2 Å². The van der Waals surface area contributed by atoms with E-state index in [2.05, 4.69) is 22.6 Å². The summed E-state index contributed by atoms with van der Waals surface area (Å²) in [4.78, 5) is 27.4. The number of ether oxygens (including phenoxy) is 4. The van der Waals surface area contributed by atoms with Crippen LogP contribution in [0.3, 0.4) is 0 Å². The van der Waals surface area contributed by atoms with Gasteiger partial charge in [0.25, 0.3) is 11.1 Å². The van der Waals surface area contributed by atoms with Crippen LogP contribution in [0.1, 0.15) is 23.6 Å². The second-order valence-electron chi connectivity index (χ2n) is 8.10. The van der Waals surface area contributed by atoms with Crippen LogP contribution < -0.4 is 18.9 Å². The summed E-state index contributed by atoms with van der Waals surface area (Å²) in [5.74, 6) is 1.89. The second-order valence-corrected chi connectivity index (χ2v) is 10.7. The minimum atomic E-state index is -0.388.